The first-order valence-corrected chi connectivity index (χ1v) is 8.15. The van der Waals surface area contributed by atoms with Crippen molar-refractivity contribution in [3.05, 3.63) is 63.9 Å². The van der Waals surface area contributed by atoms with Gasteiger partial charge in [-0.1, -0.05) is 28.1 Å². The summed E-state index contributed by atoms with van der Waals surface area (Å²) in [6, 6.07) is 10.3. The molecule has 0 unspecified atom stereocenters. The van der Waals surface area contributed by atoms with Crippen molar-refractivity contribution in [2.45, 2.75) is 20.0 Å². The lowest BCUT2D eigenvalue weighted by Gasteiger charge is -2.15. The molecule has 0 bridgehead atoms. The molecular weight excluding hydrogens is 393 g/mol. The zero-order chi connectivity index (χ0) is 18.6. The quantitative estimate of drug-likeness (QED) is 0.600. The summed E-state index contributed by atoms with van der Waals surface area (Å²) in [7, 11) is 0. The molecule has 0 saturated carbocycles. The number of Topliss-reactive ketones (excluding diaryl/α,β-unsaturated/α-hetero) is 1. The number of para-hydroxylation sites is 1. The Morgan fingerprint density at radius 3 is 2.48 bits per heavy atom. The summed E-state index contributed by atoms with van der Waals surface area (Å²) < 4.78 is 19.2. The van der Waals surface area contributed by atoms with Crippen LogP contribution in [0.2, 0.25) is 0 Å². The van der Waals surface area contributed by atoms with E-state index in [9.17, 15) is 18.8 Å². The molecule has 1 atom stereocenters. The van der Waals surface area contributed by atoms with E-state index < -0.39 is 23.8 Å². The van der Waals surface area contributed by atoms with E-state index in [1.165, 1.54) is 26.0 Å². The summed E-state index contributed by atoms with van der Waals surface area (Å²) in [6.45, 7) is 2.74. The Bertz CT molecular complexity index is 838. The smallest absolute Gasteiger partial charge is 0.341 e. The fourth-order valence-corrected chi connectivity index (χ4v) is 2.43. The SMILES string of the molecule is CC(=O)c1ccccc1NC(=O)[C@@H](C)OC(=O)c1cc(Br)ccc1F. The maximum absolute atomic E-state index is 13.7. The fourth-order valence-electron chi connectivity index (χ4n) is 2.06. The molecule has 7 heteroatoms. The predicted octanol–water partition coefficient (Wildman–Crippen LogP) is 3.97. The number of anilines is 1. The van der Waals surface area contributed by atoms with Crippen molar-refractivity contribution in [3.8, 4) is 0 Å². The maximum atomic E-state index is 13.7. The predicted molar refractivity (Wildman–Crippen MR) is 94.1 cm³/mol. The fraction of sp³-hybridized carbons (Fsp3) is 0.167. The highest BCUT2D eigenvalue weighted by Gasteiger charge is 2.22. The molecule has 2 aromatic rings. The van der Waals surface area contributed by atoms with E-state index in [0.29, 0.717) is 15.7 Å². The normalized spacial score (nSPS) is 11.5. The standard InChI is InChI=1S/C18H15BrFNO4/c1-10(22)13-5-3-4-6-16(13)21-17(23)11(2)25-18(24)14-9-12(19)7-8-15(14)20/h3-9,11H,1-2H3,(H,21,23)/t11-/m1/s1. The van der Waals surface area contributed by atoms with E-state index in [1.54, 1.807) is 24.3 Å². The maximum Gasteiger partial charge on any atom is 0.341 e. The molecule has 0 aliphatic heterocycles. The van der Waals surface area contributed by atoms with Gasteiger partial charge in [0.05, 0.1) is 11.3 Å². The molecule has 0 aliphatic carbocycles. The number of carbonyl (C=O) groups excluding carboxylic acids is 3. The molecule has 2 aromatic carbocycles. The van der Waals surface area contributed by atoms with Crippen LogP contribution in [0.4, 0.5) is 10.1 Å². The van der Waals surface area contributed by atoms with Crippen molar-refractivity contribution in [2.24, 2.45) is 0 Å². The van der Waals surface area contributed by atoms with Gasteiger partial charge >= 0.3 is 5.97 Å². The Kier molecular flexibility index (Phi) is 6.03. The number of nitrogens with one attached hydrogen (secondary N) is 1. The van der Waals surface area contributed by atoms with E-state index in [0.717, 1.165) is 6.07 Å². The van der Waals surface area contributed by atoms with Gasteiger partial charge in [0.2, 0.25) is 0 Å². The van der Waals surface area contributed by atoms with Crippen LogP contribution >= 0.6 is 15.9 Å². The van der Waals surface area contributed by atoms with Crippen LogP contribution in [-0.2, 0) is 9.53 Å². The monoisotopic (exact) mass is 407 g/mol. The molecule has 0 saturated heterocycles. The number of rotatable bonds is 5. The third-order valence-corrected chi connectivity index (χ3v) is 3.86. The van der Waals surface area contributed by atoms with Gasteiger partial charge in [0.15, 0.2) is 11.9 Å². The highest BCUT2D eigenvalue weighted by atomic mass is 79.9. The third-order valence-electron chi connectivity index (χ3n) is 3.37. The van der Waals surface area contributed by atoms with E-state index >= 15 is 0 Å². The number of benzene rings is 2. The van der Waals surface area contributed by atoms with Crippen molar-refractivity contribution < 1.29 is 23.5 Å². The largest absolute Gasteiger partial charge is 0.449 e. The zero-order valence-electron chi connectivity index (χ0n) is 13.5. The first kappa shape index (κ1) is 18.8. The summed E-state index contributed by atoms with van der Waals surface area (Å²) in [5.74, 6) is -2.54. The lowest BCUT2D eigenvalue weighted by Crippen LogP contribution is -2.30. The average molecular weight is 408 g/mol. The highest BCUT2D eigenvalue weighted by molar-refractivity contribution is 9.10. The minimum Gasteiger partial charge on any atom is -0.449 e. The Labute approximate surface area is 152 Å². The van der Waals surface area contributed by atoms with Crippen LogP contribution in [0.15, 0.2) is 46.9 Å². The summed E-state index contributed by atoms with van der Waals surface area (Å²) in [5.41, 5.74) is 0.377. The van der Waals surface area contributed by atoms with Gasteiger partial charge < -0.3 is 10.1 Å². The number of amides is 1. The first-order valence-electron chi connectivity index (χ1n) is 7.36. The van der Waals surface area contributed by atoms with E-state index in [4.69, 9.17) is 4.74 Å². The van der Waals surface area contributed by atoms with Crippen molar-refractivity contribution in [3.63, 3.8) is 0 Å². The molecule has 0 aliphatic rings. The van der Waals surface area contributed by atoms with Crippen LogP contribution in [-0.4, -0.2) is 23.8 Å². The Morgan fingerprint density at radius 2 is 1.80 bits per heavy atom. The van der Waals surface area contributed by atoms with Crippen molar-refractivity contribution in [1.82, 2.24) is 0 Å². The molecular formula is C18H15BrFNO4. The lowest BCUT2D eigenvalue weighted by molar-refractivity contribution is -0.123. The number of ketones is 1. The van der Waals surface area contributed by atoms with Gasteiger partial charge in [-0.05, 0) is 44.2 Å². The van der Waals surface area contributed by atoms with Crippen LogP contribution in [0.1, 0.15) is 34.6 Å². The van der Waals surface area contributed by atoms with Crippen LogP contribution in [0.25, 0.3) is 0 Å². The number of hydrogen-bond acceptors (Lipinski definition) is 4. The molecule has 2 rings (SSSR count). The van der Waals surface area contributed by atoms with E-state index in [2.05, 4.69) is 21.2 Å². The molecule has 130 valence electrons. The molecule has 25 heavy (non-hydrogen) atoms. The third kappa shape index (κ3) is 4.73. The number of esters is 1. The van der Waals surface area contributed by atoms with Crippen LogP contribution < -0.4 is 5.32 Å². The number of halogens is 2. The Hall–Kier alpha value is -2.54. The number of ether oxygens (including phenoxy) is 1. The van der Waals surface area contributed by atoms with Gasteiger partial charge in [0.1, 0.15) is 5.82 Å². The average Bonchev–Trinajstić information content (AvgIpc) is 2.57. The molecule has 1 amide bonds. The summed E-state index contributed by atoms with van der Waals surface area (Å²) >= 11 is 3.14. The summed E-state index contributed by atoms with van der Waals surface area (Å²) in [4.78, 5) is 35.8. The first-order chi connectivity index (χ1) is 11.8. The minimum absolute atomic E-state index is 0.211. The molecule has 0 spiro atoms. The van der Waals surface area contributed by atoms with Crippen LogP contribution in [0.3, 0.4) is 0 Å². The summed E-state index contributed by atoms with van der Waals surface area (Å²) in [5, 5.41) is 2.53. The minimum atomic E-state index is -1.18. The van der Waals surface area contributed by atoms with E-state index in [1.807, 2.05) is 0 Å². The second kappa shape index (κ2) is 8.02. The van der Waals surface area contributed by atoms with Crippen molar-refractivity contribution in [2.75, 3.05) is 5.32 Å². The molecule has 0 radical (unpaired) electrons. The van der Waals surface area contributed by atoms with Gasteiger partial charge in [-0.25, -0.2) is 9.18 Å². The lowest BCUT2D eigenvalue weighted by atomic mass is 10.1. The number of carbonyl (C=O) groups is 3. The van der Waals surface area contributed by atoms with Crippen LogP contribution in [0, 0.1) is 5.82 Å². The Balaban J connectivity index is 2.09. The zero-order valence-corrected chi connectivity index (χ0v) is 15.1. The molecule has 0 aromatic heterocycles. The molecule has 5 nitrogen and oxygen atoms in total. The molecule has 0 heterocycles. The second-order valence-corrected chi connectivity index (χ2v) is 6.18. The number of hydrogen-bond donors (Lipinski definition) is 1. The van der Waals surface area contributed by atoms with Gasteiger partial charge in [0.25, 0.3) is 5.91 Å². The van der Waals surface area contributed by atoms with Crippen molar-refractivity contribution >= 4 is 39.3 Å². The van der Waals surface area contributed by atoms with Crippen LogP contribution in [0.5, 0.6) is 0 Å². The van der Waals surface area contributed by atoms with Gasteiger partial charge in [0, 0.05) is 10.0 Å². The topological polar surface area (TPSA) is 72.5 Å². The van der Waals surface area contributed by atoms with E-state index in [-0.39, 0.29) is 11.3 Å². The Morgan fingerprint density at radius 1 is 1.12 bits per heavy atom. The highest BCUT2D eigenvalue weighted by Crippen LogP contribution is 2.18. The second-order valence-electron chi connectivity index (χ2n) is 5.26. The molecule has 1 N–H and O–H groups in total. The summed E-state index contributed by atoms with van der Waals surface area (Å²) in [6.07, 6.45) is -1.18. The van der Waals surface area contributed by atoms with Gasteiger partial charge in [-0.15, -0.1) is 0 Å². The van der Waals surface area contributed by atoms with Gasteiger partial charge in [-0.2, -0.15) is 0 Å². The molecule has 0 fully saturated rings. The van der Waals surface area contributed by atoms with Gasteiger partial charge in [-0.3, -0.25) is 9.59 Å². The van der Waals surface area contributed by atoms with Crippen molar-refractivity contribution in [1.29, 1.82) is 0 Å².